The molecule has 4 nitrogen and oxygen atoms in total. The van der Waals surface area contributed by atoms with Crippen molar-refractivity contribution in [2.24, 2.45) is 5.73 Å². The van der Waals surface area contributed by atoms with Crippen molar-refractivity contribution in [1.82, 2.24) is 0 Å². The van der Waals surface area contributed by atoms with E-state index in [0.717, 1.165) is 0 Å². The topological polar surface area (TPSA) is 61.5 Å². The van der Waals surface area contributed by atoms with Crippen LogP contribution in [0.5, 0.6) is 0 Å². The van der Waals surface area contributed by atoms with Gasteiger partial charge in [0, 0.05) is 0 Å². The van der Waals surface area contributed by atoms with Crippen molar-refractivity contribution < 1.29 is 14.3 Å². The van der Waals surface area contributed by atoms with Crippen molar-refractivity contribution >= 4 is 5.97 Å². The van der Waals surface area contributed by atoms with Gasteiger partial charge in [0.1, 0.15) is 6.04 Å². The van der Waals surface area contributed by atoms with Crippen LogP contribution in [0.1, 0.15) is 6.92 Å². The summed E-state index contributed by atoms with van der Waals surface area (Å²) >= 11 is 0. The molecule has 0 radical (unpaired) electrons. The normalized spacial score (nSPS) is 36.0. The summed E-state index contributed by atoms with van der Waals surface area (Å²) in [7, 11) is 0. The third-order valence-corrected chi connectivity index (χ3v) is 1.31. The van der Waals surface area contributed by atoms with E-state index in [1.54, 1.807) is 6.92 Å². The van der Waals surface area contributed by atoms with Crippen LogP contribution in [0.25, 0.3) is 0 Å². The summed E-state index contributed by atoms with van der Waals surface area (Å²) in [4.78, 5) is 10.6. The van der Waals surface area contributed by atoms with E-state index in [9.17, 15) is 4.79 Å². The summed E-state index contributed by atoms with van der Waals surface area (Å²) in [5.41, 5.74) is 5.32. The van der Waals surface area contributed by atoms with Gasteiger partial charge >= 0.3 is 5.97 Å². The number of hydrogen-bond donors (Lipinski definition) is 1. The fourth-order valence-corrected chi connectivity index (χ4v) is 0.591. The lowest BCUT2D eigenvalue weighted by molar-refractivity contribution is -0.182. The monoisotopic (exact) mass is 131 g/mol. The van der Waals surface area contributed by atoms with E-state index in [1.807, 2.05) is 0 Å². The largest absolute Gasteiger partial charge is 0.437 e. The van der Waals surface area contributed by atoms with Gasteiger partial charge in [-0.1, -0.05) is 0 Å². The molecule has 0 unspecified atom stereocenters. The first-order valence-corrected chi connectivity index (χ1v) is 2.75. The maximum atomic E-state index is 10.6. The number of carbonyl (C=O) groups excluding carboxylic acids is 1. The number of nitrogens with two attached hydrogens (primary N) is 1. The van der Waals surface area contributed by atoms with Gasteiger partial charge in [0.2, 0.25) is 0 Å². The van der Waals surface area contributed by atoms with E-state index < -0.39 is 6.04 Å². The highest BCUT2D eigenvalue weighted by atomic mass is 16.7. The Morgan fingerprint density at radius 1 is 1.78 bits per heavy atom. The van der Waals surface area contributed by atoms with Crippen molar-refractivity contribution in [3.63, 3.8) is 0 Å². The first-order chi connectivity index (χ1) is 4.22. The van der Waals surface area contributed by atoms with Gasteiger partial charge in [0.05, 0.1) is 6.10 Å². The summed E-state index contributed by atoms with van der Waals surface area (Å²) in [6, 6.07) is -0.612. The number of ether oxygens (including phenoxy) is 2. The fourth-order valence-electron chi connectivity index (χ4n) is 0.591. The van der Waals surface area contributed by atoms with Gasteiger partial charge in [-0.25, -0.2) is 0 Å². The second-order valence-electron chi connectivity index (χ2n) is 1.98. The van der Waals surface area contributed by atoms with Crippen LogP contribution in [0.2, 0.25) is 0 Å². The Balaban J connectivity index is 2.51. The molecule has 1 rings (SSSR count). The Labute approximate surface area is 52.9 Å². The SMILES string of the molecule is C[C@@H]1OCOC(=O)[C@@H]1N. The number of carbonyl (C=O) groups is 1. The first-order valence-electron chi connectivity index (χ1n) is 2.75. The predicted molar refractivity (Wildman–Crippen MR) is 29.5 cm³/mol. The lowest BCUT2D eigenvalue weighted by atomic mass is 10.2. The molecule has 0 aromatic heterocycles. The zero-order chi connectivity index (χ0) is 6.85. The quantitative estimate of drug-likeness (QED) is 0.439. The average molecular weight is 131 g/mol. The molecule has 0 aromatic carbocycles. The maximum Gasteiger partial charge on any atom is 0.327 e. The summed E-state index contributed by atoms with van der Waals surface area (Å²) in [6.45, 7) is 1.78. The molecule has 1 heterocycles. The number of hydrogen-bond acceptors (Lipinski definition) is 4. The van der Waals surface area contributed by atoms with Gasteiger partial charge in [-0.15, -0.1) is 0 Å². The average Bonchev–Trinajstić information content (AvgIpc) is 1.83. The summed E-state index contributed by atoms with van der Waals surface area (Å²) in [5, 5.41) is 0. The molecule has 0 aliphatic carbocycles. The second kappa shape index (κ2) is 2.33. The predicted octanol–water partition coefficient (Wildman–Crippen LogP) is -0.767. The molecule has 9 heavy (non-hydrogen) atoms. The Bertz CT molecular complexity index is 125. The third-order valence-electron chi connectivity index (χ3n) is 1.31. The molecule has 2 atom stereocenters. The minimum Gasteiger partial charge on any atom is -0.437 e. The van der Waals surface area contributed by atoms with Gasteiger partial charge in [-0.3, -0.25) is 4.79 Å². The van der Waals surface area contributed by atoms with Crippen molar-refractivity contribution in [3.8, 4) is 0 Å². The van der Waals surface area contributed by atoms with E-state index in [0.29, 0.717) is 0 Å². The molecule has 2 N–H and O–H groups in total. The first kappa shape index (κ1) is 6.51. The van der Waals surface area contributed by atoms with Gasteiger partial charge in [0.25, 0.3) is 0 Å². The molecule has 1 aliphatic rings. The molecule has 1 saturated heterocycles. The highest BCUT2D eigenvalue weighted by Crippen LogP contribution is 2.04. The van der Waals surface area contributed by atoms with Crippen LogP contribution in [0.4, 0.5) is 0 Å². The minimum atomic E-state index is -0.612. The van der Waals surface area contributed by atoms with E-state index in [-0.39, 0.29) is 18.9 Å². The molecule has 0 amide bonds. The Kier molecular flexibility index (Phi) is 1.68. The third kappa shape index (κ3) is 1.20. The van der Waals surface area contributed by atoms with Crippen LogP contribution in [-0.2, 0) is 14.3 Å². The second-order valence-corrected chi connectivity index (χ2v) is 1.98. The van der Waals surface area contributed by atoms with Gasteiger partial charge in [0.15, 0.2) is 6.79 Å². The van der Waals surface area contributed by atoms with Gasteiger partial charge in [-0.2, -0.15) is 0 Å². The number of cyclic esters (lactones) is 1. The molecule has 52 valence electrons. The summed E-state index contributed by atoms with van der Waals surface area (Å²) < 4.78 is 9.37. The molecule has 1 aliphatic heterocycles. The molecule has 1 fully saturated rings. The van der Waals surface area contributed by atoms with Crippen molar-refractivity contribution in [3.05, 3.63) is 0 Å². The van der Waals surface area contributed by atoms with Crippen LogP contribution < -0.4 is 5.73 Å². The molecule has 0 saturated carbocycles. The fraction of sp³-hybridized carbons (Fsp3) is 0.800. The van der Waals surface area contributed by atoms with Crippen molar-refractivity contribution in [1.29, 1.82) is 0 Å². The maximum absolute atomic E-state index is 10.6. The molecular weight excluding hydrogens is 122 g/mol. The Morgan fingerprint density at radius 2 is 2.44 bits per heavy atom. The molecule has 0 aromatic rings. The zero-order valence-electron chi connectivity index (χ0n) is 5.16. The molecule has 4 heteroatoms. The highest BCUT2D eigenvalue weighted by molar-refractivity contribution is 5.76. The Hall–Kier alpha value is -0.610. The standard InChI is InChI=1S/C5H9NO3/c1-3-4(6)5(7)9-2-8-3/h3-4H,2,6H2,1H3/t3-,4+/m0/s1. The lowest BCUT2D eigenvalue weighted by Gasteiger charge is -2.23. The molecule has 0 bridgehead atoms. The lowest BCUT2D eigenvalue weighted by Crippen LogP contribution is -2.47. The van der Waals surface area contributed by atoms with Crippen LogP contribution >= 0.6 is 0 Å². The van der Waals surface area contributed by atoms with E-state index in [4.69, 9.17) is 10.5 Å². The smallest absolute Gasteiger partial charge is 0.327 e. The zero-order valence-corrected chi connectivity index (χ0v) is 5.16. The highest BCUT2D eigenvalue weighted by Gasteiger charge is 2.27. The van der Waals surface area contributed by atoms with Crippen molar-refractivity contribution in [2.75, 3.05) is 6.79 Å². The van der Waals surface area contributed by atoms with Gasteiger partial charge < -0.3 is 15.2 Å². The van der Waals surface area contributed by atoms with E-state index in [1.165, 1.54) is 0 Å². The van der Waals surface area contributed by atoms with E-state index in [2.05, 4.69) is 4.74 Å². The summed E-state index contributed by atoms with van der Waals surface area (Å²) in [6.07, 6.45) is -0.216. The molecular formula is C5H9NO3. The number of rotatable bonds is 0. The van der Waals surface area contributed by atoms with Crippen LogP contribution in [0.3, 0.4) is 0 Å². The number of esters is 1. The molecule has 0 spiro atoms. The summed E-state index contributed by atoms with van der Waals surface area (Å²) in [5.74, 6) is -0.381. The minimum absolute atomic E-state index is 0.0354. The van der Waals surface area contributed by atoms with Crippen molar-refractivity contribution in [2.45, 2.75) is 19.1 Å². The van der Waals surface area contributed by atoms with E-state index >= 15 is 0 Å². The Morgan fingerprint density at radius 3 is 2.89 bits per heavy atom. The van der Waals surface area contributed by atoms with Crippen LogP contribution in [0, 0.1) is 0 Å². The van der Waals surface area contributed by atoms with Gasteiger partial charge in [-0.05, 0) is 6.92 Å². The van der Waals surface area contributed by atoms with Crippen LogP contribution in [-0.4, -0.2) is 24.9 Å². The van der Waals surface area contributed by atoms with Crippen LogP contribution in [0.15, 0.2) is 0 Å².